The molecule has 0 radical (unpaired) electrons. The molecule has 0 saturated heterocycles. The van der Waals surface area contributed by atoms with Crippen LogP contribution in [0.5, 0.6) is 0 Å². The van der Waals surface area contributed by atoms with Crippen molar-refractivity contribution >= 4 is 5.95 Å². The van der Waals surface area contributed by atoms with Gasteiger partial charge in [-0.1, -0.05) is 13.8 Å². The van der Waals surface area contributed by atoms with E-state index in [1.807, 2.05) is 6.92 Å². The lowest BCUT2D eigenvalue weighted by atomic mass is 10.1. The molecule has 0 aliphatic heterocycles. The molecule has 1 fully saturated rings. The zero-order chi connectivity index (χ0) is 13.1. The molecule has 0 atom stereocenters. The molecule has 100 valence electrons. The van der Waals surface area contributed by atoms with Crippen LogP contribution in [0.1, 0.15) is 50.4 Å². The molecule has 1 heterocycles. The van der Waals surface area contributed by atoms with Crippen molar-refractivity contribution in [2.75, 3.05) is 18.0 Å². The van der Waals surface area contributed by atoms with Gasteiger partial charge in [0, 0.05) is 24.0 Å². The smallest absolute Gasteiger partial charge is 0.226 e. The lowest BCUT2D eigenvalue weighted by Crippen LogP contribution is -2.30. The van der Waals surface area contributed by atoms with Crippen LogP contribution >= 0.6 is 0 Å². The molecule has 1 aliphatic carbocycles. The van der Waals surface area contributed by atoms with Crippen LogP contribution in [0.4, 0.5) is 5.95 Å². The maximum Gasteiger partial charge on any atom is 0.226 e. The third kappa shape index (κ3) is 3.19. The predicted octanol–water partition coefficient (Wildman–Crippen LogP) is 2.23. The molecule has 0 unspecified atom stereocenters. The summed E-state index contributed by atoms with van der Waals surface area (Å²) in [4.78, 5) is 11.7. The van der Waals surface area contributed by atoms with Crippen molar-refractivity contribution in [1.29, 1.82) is 0 Å². The highest BCUT2D eigenvalue weighted by Gasteiger charge is 2.30. The number of nitrogens with two attached hydrogens (primary N) is 1. The molecule has 18 heavy (non-hydrogen) atoms. The number of aromatic nitrogens is 2. The summed E-state index contributed by atoms with van der Waals surface area (Å²) in [5, 5.41) is 0. The van der Waals surface area contributed by atoms with Crippen LogP contribution < -0.4 is 10.6 Å². The molecule has 4 nitrogen and oxygen atoms in total. The fourth-order valence-electron chi connectivity index (χ4n) is 2.09. The second kappa shape index (κ2) is 5.65. The third-order valence-electron chi connectivity index (χ3n) is 3.30. The van der Waals surface area contributed by atoms with E-state index in [1.165, 1.54) is 12.8 Å². The van der Waals surface area contributed by atoms with Crippen molar-refractivity contribution in [3.05, 3.63) is 17.5 Å². The molecule has 0 bridgehead atoms. The second-order valence-corrected chi connectivity index (χ2v) is 5.46. The monoisotopic (exact) mass is 248 g/mol. The van der Waals surface area contributed by atoms with Gasteiger partial charge >= 0.3 is 0 Å². The molecule has 2 rings (SSSR count). The van der Waals surface area contributed by atoms with Crippen LogP contribution in [0.3, 0.4) is 0 Å². The van der Waals surface area contributed by atoms with Crippen LogP contribution in [0, 0.1) is 6.92 Å². The Labute approximate surface area is 110 Å². The largest absolute Gasteiger partial charge is 0.338 e. The van der Waals surface area contributed by atoms with Gasteiger partial charge in [0.05, 0.1) is 0 Å². The van der Waals surface area contributed by atoms with Crippen molar-refractivity contribution in [2.45, 2.75) is 52.0 Å². The molecule has 1 aromatic heterocycles. The molecule has 0 aromatic carbocycles. The molecule has 1 saturated carbocycles. The van der Waals surface area contributed by atoms with Crippen molar-refractivity contribution in [2.24, 2.45) is 5.73 Å². The molecule has 0 amide bonds. The summed E-state index contributed by atoms with van der Waals surface area (Å²) in [6.45, 7) is 8.10. The third-order valence-corrected chi connectivity index (χ3v) is 3.30. The van der Waals surface area contributed by atoms with Gasteiger partial charge in [0.15, 0.2) is 0 Å². The van der Waals surface area contributed by atoms with E-state index in [1.54, 1.807) is 0 Å². The molecule has 1 aromatic rings. The minimum atomic E-state index is 0.445. The van der Waals surface area contributed by atoms with E-state index in [9.17, 15) is 0 Å². The van der Waals surface area contributed by atoms with Gasteiger partial charge in [-0.05, 0) is 44.7 Å². The van der Waals surface area contributed by atoms with Crippen LogP contribution in [-0.4, -0.2) is 29.1 Å². The topological polar surface area (TPSA) is 55.0 Å². The van der Waals surface area contributed by atoms with Crippen LogP contribution in [0.15, 0.2) is 6.07 Å². The SMILES string of the molecule is Cc1cc(C(C)C)nc(N(CCCN)C2CC2)n1. The Bertz CT molecular complexity index is 399. The maximum atomic E-state index is 5.62. The van der Waals surface area contributed by atoms with Crippen LogP contribution in [-0.2, 0) is 0 Å². The lowest BCUT2D eigenvalue weighted by molar-refractivity contribution is 0.698. The number of nitrogens with zero attached hydrogens (tertiary/aromatic N) is 3. The molecule has 0 spiro atoms. The van der Waals surface area contributed by atoms with Gasteiger partial charge in [0.1, 0.15) is 0 Å². The predicted molar refractivity (Wildman–Crippen MR) is 74.9 cm³/mol. The van der Waals surface area contributed by atoms with Gasteiger partial charge in [-0.25, -0.2) is 9.97 Å². The van der Waals surface area contributed by atoms with Gasteiger partial charge in [0.2, 0.25) is 5.95 Å². The Hall–Kier alpha value is -1.16. The zero-order valence-electron chi connectivity index (χ0n) is 11.7. The number of hydrogen-bond acceptors (Lipinski definition) is 4. The van der Waals surface area contributed by atoms with Crippen LogP contribution in [0.2, 0.25) is 0 Å². The zero-order valence-corrected chi connectivity index (χ0v) is 11.7. The lowest BCUT2D eigenvalue weighted by Gasteiger charge is -2.23. The first-order valence-electron chi connectivity index (χ1n) is 6.94. The van der Waals surface area contributed by atoms with Gasteiger partial charge in [0.25, 0.3) is 0 Å². The minimum absolute atomic E-state index is 0.445. The summed E-state index contributed by atoms with van der Waals surface area (Å²) >= 11 is 0. The summed E-state index contributed by atoms with van der Waals surface area (Å²) in [5.74, 6) is 1.34. The van der Waals surface area contributed by atoms with Crippen LogP contribution in [0.25, 0.3) is 0 Å². The fraction of sp³-hybridized carbons (Fsp3) is 0.714. The molecule has 2 N–H and O–H groups in total. The number of anilines is 1. The van der Waals surface area contributed by atoms with E-state index in [4.69, 9.17) is 10.7 Å². The molecule has 4 heteroatoms. The normalized spacial score (nSPS) is 15.2. The average molecular weight is 248 g/mol. The van der Waals surface area contributed by atoms with Crippen molar-refractivity contribution < 1.29 is 0 Å². The Morgan fingerprint density at radius 3 is 2.67 bits per heavy atom. The van der Waals surface area contributed by atoms with Crippen molar-refractivity contribution in [3.63, 3.8) is 0 Å². The first-order chi connectivity index (χ1) is 8.61. The highest BCUT2D eigenvalue weighted by atomic mass is 15.3. The standard InChI is InChI=1S/C14H24N4/c1-10(2)13-9-11(3)16-14(17-13)18(8-4-7-15)12-5-6-12/h9-10,12H,4-8,15H2,1-3H3. The van der Waals surface area contributed by atoms with E-state index in [2.05, 4.69) is 29.8 Å². The Morgan fingerprint density at radius 1 is 1.39 bits per heavy atom. The quantitative estimate of drug-likeness (QED) is 0.838. The van der Waals surface area contributed by atoms with Crippen molar-refractivity contribution in [1.82, 2.24) is 9.97 Å². The number of hydrogen-bond donors (Lipinski definition) is 1. The summed E-state index contributed by atoms with van der Waals surface area (Å²) in [5.41, 5.74) is 7.81. The minimum Gasteiger partial charge on any atom is -0.338 e. The number of aryl methyl sites for hydroxylation is 1. The molecule has 1 aliphatic rings. The summed E-state index contributed by atoms with van der Waals surface area (Å²) < 4.78 is 0. The van der Waals surface area contributed by atoms with E-state index < -0.39 is 0 Å². The summed E-state index contributed by atoms with van der Waals surface area (Å²) in [6, 6.07) is 2.72. The van der Waals surface area contributed by atoms with Gasteiger partial charge in [-0.3, -0.25) is 0 Å². The van der Waals surface area contributed by atoms with E-state index in [0.29, 0.717) is 12.0 Å². The van der Waals surface area contributed by atoms with E-state index >= 15 is 0 Å². The summed E-state index contributed by atoms with van der Waals surface area (Å²) in [7, 11) is 0. The highest BCUT2D eigenvalue weighted by molar-refractivity contribution is 5.36. The maximum absolute atomic E-state index is 5.62. The van der Waals surface area contributed by atoms with Gasteiger partial charge in [-0.2, -0.15) is 0 Å². The Balaban J connectivity index is 2.23. The molecular formula is C14H24N4. The van der Waals surface area contributed by atoms with E-state index in [0.717, 1.165) is 36.8 Å². The van der Waals surface area contributed by atoms with E-state index in [-0.39, 0.29) is 0 Å². The van der Waals surface area contributed by atoms with Gasteiger partial charge < -0.3 is 10.6 Å². The molecular weight excluding hydrogens is 224 g/mol. The van der Waals surface area contributed by atoms with Crippen molar-refractivity contribution in [3.8, 4) is 0 Å². The summed E-state index contributed by atoms with van der Waals surface area (Å²) in [6.07, 6.45) is 3.53. The second-order valence-electron chi connectivity index (χ2n) is 5.46. The first-order valence-corrected chi connectivity index (χ1v) is 6.94. The van der Waals surface area contributed by atoms with Gasteiger partial charge in [-0.15, -0.1) is 0 Å². The average Bonchev–Trinajstić information content (AvgIpc) is 3.13. The fourth-order valence-corrected chi connectivity index (χ4v) is 2.09. The highest BCUT2D eigenvalue weighted by Crippen LogP contribution is 2.30. The number of rotatable bonds is 6. The first kappa shape index (κ1) is 13.3. The Kier molecular flexibility index (Phi) is 4.17. The Morgan fingerprint density at radius 2 is 2.11 bits per heavy atom.